The number of aromatic nitrogens is 1. The van der Waals surface area contributed by atoms with Crippen LogP contribution in [0.1, 0.15) is 15.9 Å². The number of thiazole rings is 1. The number of benzene rings is 3. The van der Waals surface area contributed by atoms with Crippen molar-refractivity contribution >= 4 is 54.8 Å². The third kappa shape index (κ3) is 5.07. The molecule has 10 heteroatoms. The van der Waals surface area contributed by atoms with Crippen molar-refractivity contribution in [3.63, 3.8) is 0 Å². The summed E-state index contributed by atoms with van der Waals surface area (Å²) in [6.07, 6.45) is 0. The highest BCUT2D eigenvalue weighted by Crippen LogP contribution is 2.26. The van der Waals surface area contributed by atoms with Gasteiger partial charge in [-0.3, -0.25) is 9.52 Å². The summed E-state index contributed by atoms with van der Waals surface area (Å²) in [5, 5.41) is 0.546. The number of ether oxygens (including phenoxy) is 1. The van der Waals surface area contributed by atoms with Crippen LogP contribution in [0, 0.1) is 6.92 Å². The first-order valence-electron chi connectivity index (χ1n) is 10.3. The van der Waals surface area contributed by atoms with E-state index in [1.54, 1.807) is 43.5 Å². The molecule has 4 rings (SSSR count). The van der Waals surface area contributed by atoms with Crippen molar-refractivity contribution in [3.05, 3.63) is 87.7 Å². The van der Waals surface area contributed by atoms with E-state index in [1.807, 2.05) is 23.6 Å². The molecule has 1 N–H and O–H groups in total. The number of hydrogen-bond donors (Lipinski definition) is 1. The third-order valence-corrected chi connectivity index (χ3v) is 7.83. The average Bonchev–Trinajstić information content (AvgIpc) is 3.16. The van der Waals surface area contributed by atoms with Crippen LogP contribution in [0.25, 0.3) is 10.2 Å². The number of methoxy groups -OCH3 is 1. The molecule has 1 amide bonds. The Bertz CT molecular complexity index is 1520. The van der Waals surface area contributed by atoms with Crippen LogP contribution < -0.4 is 9.52 Å². The van der Waals surface area contributed by atoms with Gasteiger partial charge in [-0.25, -0.2) is 8.42 Å². The zero-order valence-electron chi connectivity index (χ0n) is 18.5. The molecule has 0 saturated heterocycles. The molecule has 0 unspecified atom stereocenters. The minimum Gasteiger partial charge on any atom is -0.383 e. The predicted molar refractivity (Wildman–Crippen MR) is 135 cm³/mol. The maximum absolute atomic E-state index is 13.2. The number of rotatable bonds is 7. The maximum atomic E-state index is 13.2. The van der Waals surface area contributed by atoms with Crippen molar-refractivity contribution in [3.8, 4) is 0 Å². The van der Waals surface area contributed by atoms with Crippen molar-refractivity contribution < 1.29 is 17.9 Å². The number of aryl methyl sites for hydroxylation is 1. The summed E-state index contributed by atoms with van der Waals surface area (Å²) in [5.74, 6) is -0.573. The fourth-order valence-corrected chi connectivity index (χ4v) is 5.88. The first-order valence-corrected chi connectivity index (χ1v) is 13.0. The van der Waals surface area contributed by atoms with Gasteiger partial charge in [0.15, 0.2) is 4.80 Å². The molecule has 0 atom stereocenters. The average molecular weight is 516 g/mol. The molecule has 0 aliphatic heterocycles. The fraction of sp³-hybridized carbons (Fsp3) is 0.167. The Morgan fingerprint density at radius 3 is 2.56 bits per heavy atom. The van der Waals surface area contributed by atoms with Gasteiger partial charge in [-0.05, 0) is 43.3 Å². The molecule has 0 saturated carbocycles. The first kappa shape index (κ1) is 24.2. The van der Waals surface area contributed by atoms with Crippen molar-refractivity contribution in [2.24, 2.45) is 4.99 Å². The lowest BCUT2D eigenvalue weighted by Gasteiger charge is -2.11. The van der Waals surface area contributed by atoms with E-state index in [4.69, 9.17) is 16.3 Å². The Morgan fingerprint density at radius 2 is 1.82 bits per heavy atom. The van der Waals surface area contributed by atoms with Crippen molar-refractivity contribution in [2.45, 2.75) is 18.4 Å². The molecule has 4 aromatic rings. The second-order valence-corrected chi connectivity index (χ2v) is 10.6. The summed E-state index contributed by atoms with van der Waals surface area (Å²) in [5.41, 5.74) is 2.00. The number of amides is 1. The second-order valence-electron chi connectivity index (χ2n) is 7.50. The highest BCUT2D eigenvalue weighted by Gasteiger charge is 2.19. The van der Waals surface area contributed by atoms with Crippen LogP contribution in [0.2, 0.25) is 5.02 Å². The van der Waals surface area contributed by atoms with Gasteiger partial charge in [-0.1, -0.05) is 58.8 Å². The Kier molecular flexibility index (Phi) is 7.18. The molecule has 0 bridgehead atoms. The van der Waals surface area contributed by atoms with Crippen molar-refractivity contribution in [1.82, 2.24) is 4.57 Å². The normalized spacial score (nSPS) is 12.3. The Labute approximate surface area is 206 Å². The number of halogens is 1. The number of sulfonamides is 1. The van der Waals surface area contributed by atoms with E-state index in [2.05, 4.69) is 9.71 Å². The number of hydrogen-bond acceptors (Lipinski definition) is 5. The Balaban J connectivity index is 1.75. The second kappa shape index (κ2) is 10.1. The lowest BCUT2D eigenvalue weighted by atomic mass is 10.2. The van der Waals surface area contributed by atoms with Crippen LogP contribution in [0.4, 0.5) is 5.69 Å². The number of nitrogens with zero attached hydrogens (tertiary/aromatic N) is 2. The standard InChI is InChI=1S/C24H22ClN3O4S2/c1-16-10-12-17(13-11-16)34(30,31)27-20-8-4-3-6-18(20)23(29)26-24-28(14-15-32-2)22-19(25)7-5-9-21(22)33-24/h3-13,27H,14-15H2,1-2H3. The zero-order chi connectivity index (χ0) is 24.3. The molecule has 0 aliphatic rings. The molecule has 176 valence electrons. The minimum absolute atomic E-state index is 0.105. The van der Waals surface area contributed by atoms with Crippen LogP contribution in [-0.4, -0.2) is 32.6 Å². The van der Waals surface area contributed by atoms with Gasteiger partial charge < -0.3 is 9.30 Å². The Morgan fingerprint density at radius 1 is 1.09 bits per heavy atom. The molecule has 0 radical (unpaired) electrons. The molecule has 34 heavy (non-hydrogen) atoms. The molecule has 1 heterocycles. The molecule has 0 spiro atoms. The van der Waals surface area contributed by atoms with Gasteiger partial charge >= 0.3 is 0 Å². The van der Waals surface area contributed by atoms with Crippen molar-refractivity contribution in [1.29, 1.82) is 0 Å². The topological polar surface area (TPSA) is 89.8 Å². The summed E-state index contributed by atoms with van der Waals surface area (Å²) >= 11 is 7.74. The molecule has 3 aromatic carbocycles. The van der Waals surface area contributed by atoms with Crippen LogP contribution in [0.5, 0.6) is 0 Å². The van der Waals surface area contributed by atoms with Crippen LogP contribution in [0.15, 0.2) is 76.6 Å². The number of anilines is 1. The summed E-state index contributed by atoms with van der Waals surface area (Å²) in [7, 11) is -2.29. The van der Waals surface area contributed by atoms with E-state index in [0.29, 0.717) is 23.0 Å². The quantitative estimate of drug-likeness (QED) is 0.381. The van der Waals surface area contributed by atoms with Gasteiger partial charge in [0.1, 0.15) is 0 Å². The van der Waals surface area contributed by atoms with E-state index in [0.717, 1.165) is 15.8 Å². The zero-order valence-corrected chi connectivity index (χ0v) is 20.9. The van der Waals surface area contributed by atoms with Crippen LogP contribution >= 0.6 is 22.9 Å². The molecular formula is C24H22ClN3O4S2. The fourth-order valence-electron chi connectivity index (χ4n) is 3.39. The van der Waals surface area contributed by atoms with Crippen molar-refractivity contribution in [2.75, 3.05) is 18.4 Å². The largest absolute Gasteiger partial charge is 0.383 e. The number of fused-ring (bicyclic) bond motifs is 1. The highest BCUT2D eigenvalue weighted by molar-refractivity contribution is 7.92. The van der Waals surface area contributed by atoms with E-state index < -0.39 is 15.9 Å². The van der Waals surface area contributed by atoms with E-state index >= 15 is 0 Å². The molecule has 0 aliphatic carbocycles. The lowest BCUT2D eigenvalue weighted by Crippen LogP contribution is -2.20. The number of nitrogens with one attached hydrogen (secondary N) is 1. The smallest absolute Gasteiger partial charge is 0.281 e. The van der Waals surface area contributed by atoms with Gasteiger partial charge in [0, 0.05) is 13.7 Å². The van der Waals surface area contributed by atoms with E-state index in [1.165, 1.54) is 29.5 Å². The number of carbonyl (C=O) groups is 1. The Hall–Kier alpha value is -2.98. The summed E-state index contributed by atoms with van der Waals surface area (Å²) < 4.78 is 36.2. The van der Waals surface area contributed by atoms with Gasteiger partial charge in [-0.2, -0.15) is 4.99 Å². The predicted octanol–water partition coefficient (Wildman–Crippen LogP) is 4.85. The number of para-hydroxylation sites is 2. The third-order valence-electron chi connectivity index (χ3n) is 5.10. The summed E-state index contributed by atoms with van der Waals surface area (Å²) in [6.45, 7) is 2.73. The maximum Gasteiger partial charge on any atom is 0.281 e. The highest BCUT2D eigenvalue weighted by atomic mass is 35.5. The van der Waals surface area contributed by atoms with Gasteiger partial charge in [0.05, 0.1) is 38.0 Å². The molecule has 0 fully saturated rings. The first-order chi connectivity index (χ1) is 16.3. The van der Waals surface area contributed by atoms with Gasteiger partial charge in [-0.15, -0.1) is 0 Å². The van der Waals surface area contributed by atoms with Crippen LogP contribution in [-0.2, 0) is 21.3 Å². The molecular weight excluding hydrogens is 494 g/mol. The molecule has 1 aromatic heterocycles. The summed E-state index contributed by atoms with van der Waals surface area (Å²) in [6, 6.07) is 18.4. The SMILES string of the molecule is COCCn1c(=NC(=O)c2ccccc2NS(=O)(=O)c2ccc(C)cc2)sc2cccc(Cl)c21. The summed E-state index contributed by atoms with van der Waals surface area (Å²) in [4.78, 5) is 18.1. The lowest BCUT2D eigenvalue weighted by molar-refractivity contribution is 0.0998. The number of carbonyl (C=O) groups excluding carboxylic acids is 1. The molecule has 7 nitrogen and oxygen atoms in total. The van der Waals surface area contributed by atoms with Crippen LogP contribution in [0.3, 0.4) is 0 Å². The monoisotopic (exact) mass is 515 g/mol. The van der Waals surface area contributed by atoms with Gasteiger partial charge in [0.25, 0.3) is 15.9 Å². The van der Waals surface area contributed by atoms with E-state index in [-0.39, 0.29) is 16.1 Å². The van der Waals surface area contributed by atoms with E-state index in [9.17, 15) is 13.2 Å². The van der Waals surface area contributed by atoms with Gasteiger partial charge in [0.2, 0.25) is 0 Å². The minimum atomic E-state index is -3.89.